The summed E-state index contributed by atoms with van der Waals surface area (Å²) >= 11 is 0. The largest absolute Gasteiger partial charge is 0.464 e. The monoisotopic (exact) mass is 248 g/mol. The van der Waals surface area contributed by atoms with Crippen molar-refractivity contribution in [2.75, 3.05) is 12.3 Å². The Bertz CT molecular complexity index is 554. The molecule has 0 aliphatic heterocycles. The molecule has 94 valence electrons. The third kappa shape index (κ3) is 2.71. The van der Waals surface area contributed by atoms with Crippen molar-refractivity contribution in [1.82, 2.24) is 15.0 Å². The Labute approximate surface area is 104 Å². The van der Waals surface area contributed by atoms with Gasteiger partial charge in [-0.2, -0.15) is 15.0 Å². The predicted octanol–water partition coefficient (Wildman–Crippen LogP) is 1.97. The van der Waals surface area contributed by atoms with Crippen LogP contribution >= 0.6 is 0 Å². The number of hydrogen-bond acceptors (Lipinski definition) is 5. The van der Waals surface area contributed by atoms with Crippen LogP contribution in [0.4, 0.5) is 10.3 Å². The van der Waals surface area contributed by atoms with Gasteiger partial charge >= 0.3 is 6.01 Å². The lowest BCUT2D eigenvalue weighted by molar-refractivity contribution is 0.312. The maximum Gasteiger partial charge on any atom is 0.321 e. The predicted molar refractivity (Wildman–Crippen MR) is 65.5 cm³/mol. The minimum absolute atomic E-state index is 0.0466. The summed E-state index contributed by atoms with van der Waals surface area (Å²) in [5, 5.41) is 0. The average Bonchev–Trinajstić information content (AvgIpc) is 2.27. The summed E-state index contributed by atoms with van der Waals surface area (Å²) < 4.78 is 18.5. The minimum Gasteiger partial charge on any atom is -0.464 e. The Morgan fingerprint density at radius 3 is 2.67 bits per heavy atom. The summed E-state index contributed by atoms with van der Waals surface area (Å²) in [6, 6.07) is 4.68. The normalized spacial score (nSPS) is 10.4. The van der Waals surface area contributed by atoms with E-state index in [1.165, 1.54) is 12.1 Å². The molecule has 2 aromatic rings. The summed E-state index contributed by atoms with van der Waals surface area (Å²) in [7, 11) is 0. The molecule has 0 bridgehead atoms. The van der Waals surface area contributed by atoms with Crippen molar-refractivity contribution >= 4 is 5.95 Å². The molecule has 5 nitrogen and oxygen atoms in total. The molecule has 0 unspecified atom stereocenters. The topological polar surface area (TPSA) is 73.9 Å². The van der Waals surface area contributed by atoms with Crippen LogP contribution in [0.25, 0.3) is 11.4 Å². The molecule has 2 N–H and O–H groups in total. The highest BCUT2D eigenvalue weighted by atomic mass is 19.1. The first kappa shape index (κ1) is 12.2. The Hall–Kier alpha value is -2.24. The second-order valence-corrected chi connectivity index (χ2v) is 3.75. The van der Waals surface area contributed by atoms with Gasteiger partial charge in [0.15, 0.2) is 5.82 Å². The first-order valence-corrected chi connectivity index (χ1v) is 5.50. The Balaban J connectivity index is 2.49. The number of ether oxygens (including phenoxy) is 1. The van der Waals surface area contributed by atoms with Crippen molar-refractivity contribution in [3.05, 3.63) is 29.6 Å². The molecule has 1 heterocycles. The second-order valence-electron chi connectivity index (χ2n) is 3.75. The lowest BCUT2D eigenvalue weighted by Crippen LogP contribution is -2.05. The maximum atomic E-state index is 13.3. The van der Waals surface area contributed by atoms with Crippen LogP contribution in [0.2, 0.25) is 0 Å². The number of nitrogen functional groups attached to an aromatic ring is 1. The smallest absolute Gasteiger partial charge is 0.321 e. The van der Waals surface area contributed by atoms with Gasteiger partial charge in [-0.1, -0.05) is 0 Å². The summed E-state index contributed by atoms with van der Waals surface area (Å²) in [4.78, 5) is 11.9. The van der Waals surface area contributed by atoms with E-state index in [0.717, 1.165) is 5.56 Å². The lowest BCUT2D eigenvalue weighted by atomic mass is 10.1. The van der Waals surface area contributed by atoms with Crippen LogP contribution in [0, 0.1) is 12.7 Å². The number of rotatable bonds is 3. The molecule has 0 aliphatic rings. The molecule has 0 saturated carbocycles. The maximum absolute atomic E-state index is 13.3. The lowest BCUT2D eigenvalue weighted by Gasteiger charge is -2.06. The van der Waals surface area contributed by atoms with Crippen LogP contribution in [0.3, 0.4) is 0 Å². The number of aromatic nitrogens is 3. The molecular formula is C12H13FN4O. The van der Waals surface area contributed by atoms with Gasteiger partial charge in [-0.15, -0.1) is 0 Å². The quantitative estimate of drug-likeness (QED) is 0.898. The fraction of sp³-hybridized carbons (Fsp3) is 0.250. The van der Waals surface area contributed by atoms with Gasteiger partial charge in [-0.05, 0) is 37.6 Å². The molecule has 0 fully saturated rings. The Morgan fingerprint density at radius 2 is 2.00 bits per heavy atom. The summed E-state index contributed by atoms with van der Waals surface area (Å²) in [5.41, 5.74) is 6.89. The van der Waals surface area contributed by atoms with Crippen LogP contribution in [-0.2, 0) is 0 Å². The number of aryl methyl sites for hydroxylation is 1. The van der Waals surface area contributed by atoms with Gasteiger partial charge in [0.1, 0.15) is 5.82 Å². The highest BCUT2D eigenvalue weighted by molar-refractivity contribution is 5.57. The Kier molecular flexibility index (Phi) is 3.36. The van der Waals surface area contributed by atoms with Gasteiger partial charge in [-0.25, -0.2) is 4.39 Å². The van der Waals surface area contributed by atoms with E-state index < -0.39 is 0 Å². The zero-order valence-electron chi connectivity index (χ0n) is 10.1. The fourth-order valence-corrected chi connectivity index (χ4v) is 1.56. The minimum atomic E-state index is -0.345. The first-order chi connectivity index (χ1) is 8.58. The third-order valence-corrected chi connectivity index (χ3v) is 2.21. The van der Waals surface area contributed by atoms with Crippen LogP contribution in [-0.4, -0.2) is 21.6 Å². The van der Waals surface area contributed by atoms with Crippen LogP contribution < -0.4 is 10.5 Å². The number of hydrogen-bond donors (Lipinski definition) is 1. The molecule has 0 amide bonds. The third-order valence-electron chi connectivity index (χ3n) is 2.21. The molecule has 0 spiro atoms. The van der Waals surface area contributed by atoms with Crippen molar-refractivity contribution in [3.63, 3.8) is 0 Å². The van der Waals surface area contributed by atoms with Crippen LogP contribution in [0.1, 0.15) is 12.5 Å². The van der Waals surface area contributed by atoms with E-state index in [0.29, 0.717) is 18.0 Å². The summed E-state index contributed by atoms with van der Waals surface area (Å²) in [6.45, 7) is 4.03. The van der Waals surface area contributed by atoms with E-state index in [9.17, 15) is 4.39 Å². The standard InChI is InChI=1S/C12H13FN4O/c1-3-18-12-16-10(15-11(14)17-12)8-4-7(2)5-9(13)6-8/h4-6H,3H2,1-2H3,(H2,14,15,16,17). The molecule has 18 heavy (non-hydrogen) atoms. The zero-order valence-corrected chi connectivity index (χ0v) is 10.1. The fourth-order valence-electron chi connectivity index (χ4n) is 1.56. The first-order valence-electron chi connectivity index (χ1n) is 5.50. The summed E-state index contributed by atoms with van der Waals surface area (Å²) in [5.74, 6) is 0.000794. The SMILES string of the molecule is CCOc1nc(N)nc(-c2cc(C)cc(F)c2)n1. The van der Waals surface area contributed by atoms with Crippen molar-refractivity contribution < 1.29 is 9.13 Å². The number of nitrogens with two attached hydrogens (primary N) is 1. The van der Waals surface area contributed by atoms with Crippen molar-refractivity contribution in [2.45, 2.75) is 13.8 Å². The zero-order chi connectivity index (χ0) is 13.1. The Morgan fingerprint density at radius 1 is 1.22 bits per heavy atom. The van der Waals surface area contributed by atoms with E-state index in [-0.39, 0.29) is 17.8 Å². The van der Waals surface area contributed by atoms with Gasteiger partial charge in [-0.3, -0.25) is 0 Å². The van der Waals surface area contributed by atoms with E-state index in [4.69, 9.17) is 10.5 Å². The highest BCUT2D eigenvalue weighted by Crippen LogP contribution is 2.20. The second kappa shape index (κ2) is 4.95. The van der Waals surface area contributed by atoms with E-state index >= 15 is 0 Å². The molecule has 1 aromatic carbocycles. The molecular weight excluding hydrogens is 235 g/mol. The molecule has 0 saturated heterocycles. The van der Waals surface area contributed by atoms with Crippen molar-refractivity contribution in [1.29, 1.82) is 0 Å². The highest BCUT2D eigenvalue weighted by Gasteiger charge is 2.09. The molecule has 6 heteroatoms. The molecule has 0 aliphatic carbocycles. The summed E-state index contributed by atoms with van der Waals surface area (Å²) in [6.07, 6.45) is 0. The van der Waals surface area contributed by atoms with Crippen molar-refractivity contribution in [3.8, 4) is 17.4 Å². The van der Waals surface area contributed by atoms with E-state index in [1.54, 1.807) is 13.0 Å². The molecule has 2 rings (SSSR count). The number of anilines is 1. The van der Waals surface area contributed by atoms with Gasteiger partial charge in [0.05, 0.1) is 6.61 Å². The van der Waals surface area contributed by atoms with Gasteiger partial charge in [0, 0.05) is 5.56 Å². The number of benzene rings is 1. The number of nitrogens with zero attached hydrogens (tertiary/aromatic N) is 3. The van der Waals surface area contributed by atoms with Crippen LogP contribution in [0.15, 0.2) is 18.2 Å². The molecule has 1 aromatic heterocycles. The van der Waals surface area contributed by atoms with Crippen molar-refractivity contribution in [2.24, 2.45) is 0 Å². The van der Waals surface area contributed by atoms with Gasteiger partial charge in [0.25, 0.3) is 0 Å². The van der Waals surface area contributed by atoms with Crippen LogP contribution in [0.5, 0.6) is 6.01 Å². The van der Waals surface area contributed by atoms with Gasteiger partial charge in [0.2, 0.25) is 5.95 Å². The van der Waals surface area contributed by atoms with E-state index in [1.807, 2.05) is 6.92 Å². The molecule has 0 radical (unpaired) electrons. The van der Waals surface area contributed by atoms with Gasteiger partial charge < -0.3 is 10.5 Å². The number of halogens is 1. The molecule has 0 atom stereocenters. The average molecular weight is 248 g/mol. The van der Waals surface area contributed by atoms with E-state index in [2.05, 4.69) is 15.0 Å².